The van der Waals surface area contributed by atoms with Crippen LogP contribution in [0, 0.1) is 6.92 Å². The Morgan fingerprint density at radius 3 is 2.43 bits per heavy atom. The predicted molar refractivity (Wildman–Crippen MR) is 113 cm³/mol. The number of rotatable bonds is 7. The molecule has 0 aliphatic heterocycles. The Morgan fingerprint density at radius 1 is 1.25 bits per heavy atom. The van der Waals surface area contributed by atoms with Gasteiger partial charge in [0.1, 0.15) is 11.5 Å². The van der Waals surface area contributed by atoms with E-state index in [1.54, 1.807) is 18.3 Å². The highest BCUT2D eigenvalue weighted by Gasteiger charge is 2.37. The zero-order valence-electron chi connectivity index (χ0n) is 17.8. The number of aryl methyl sites for hydroxylation is 1. The third kappa shape index (κ3) is 4.77. The molecule has 0 aliphatic rings. The van der Waals surface area contributed by atoms with Crippen molar-refractivity contribution < 1.29 is 19.1 Å². The van der Waals surface area contributed by atoms with Gasteiger partial charge in [0.15, 0.2) is 14.1 Å². The smallest absolute Gasteiger partial charge is 0.336 e. The van der Waals surface area contributed by atoms with Crippen molar-refractivity contribution in [3.63, 3.8) is 0 Å². The molecule has 0 saturated heterocycles. The lowest BCUT2D eigenvalue weighted by Crippen LogP contribution is -2.41. The lowest BCUT2D eigenvalue weighted by Gasteiger charge is -2.36. The van der Waals surface area contributed by atoms with Crippen LogP contribution in [0.5, 0.6) is 0 Å². The Balaban J connectivity index is 2.40. The Bertz CT molecular complexity index is 894. The molecule has 0 spiro atoms. The van der Waals surface area contributed by atoms with Crippen LogP contribution in [0.3, 0.4) is 0 Å². The molecule has 2 aromatic rings. The van der Waals surface area contributed by atoms with E-state index in [0.29, 0.717) is 30.2 Å². The largest absolute Gasteiger partial charge is 0.478 e. The van der Waals surface area contributed by atoms with Gasteiger partial charge in [-0.2, -0.15) is 0 Å². The summed E-state index contributed by atoms with van der Waals surface area (Å²) in [5.41, 5.74) is 1.84. The first kappa shape index (κ1) is 22.0. The van der Waals surface area contributed by atoms with Gasteiger partial charge >= 0.3 is 5.97 Å². The van der Waals surface area contributed by atoms with E-state index in [4.69, 9.17) is 4.43 Å². The van der Waals surface area contributed by atoms with E-state index >= 15 is 0 Å². The number of aromatic carboxylic acids is 1. The third-order valence-electron chi connectivity index (χ3n) is 5.38. The van der Waals surface area contributed by atoms with Crippen LogP contribution in [-0.4, -0.2) is 41.3 Å². The van der Waals surface area contributed by atoms with E-state index in [1.165, 1.54) is 6.92 Å². The van der Waals surface area contributed by atoms with Gasteiger partial charge in [-0.05, 0) is 31.1 Å². The maximum absolute atomic E-state index is 11.9. The number of hydrogen-bond acceptors (Lipinski definition) is 4. The summed E-state index contributed by atoms with van der Waals surface area (Å²) in [5, 5.41) is 9.71. The van der Waals surface area contributed by atoms with E-state index < -0.39 is 14.3 Å². The molecule has 0 radical (unpaired) electrons. The molecule has 152 valence electrons. The van der Waals surface area contributed by atoms with Gasteiger partial charge in [0.05, 0.1) is 12.2 Å². The van der Waals surface area contributed by atoms with Crippen molar-refractivity contribution in [2.45, 2.75) is 59.3 Å². The number of nitrogens with zero attached hydrogens (tertiary/aromatic N) is 2. The summed E-state index contributed by atoms with van der Waals surface area (Å²) in [5.74, 6) is -0.703. The number of ketones is 1. The van der Waals surface area contributed by atoms with Gasteiger partial charge < -0.3 is 14.1 Å². The first-order valence-corrected chi connectivity index (χ1v) is 12.3. The van der Waals surface area contributed by atoms with Gasteiger partial charge in [-0.25, -0.2) is 9.78 Å². The van der Waals surface area contributed by atoms with Crippen molar-refractivity contribution in [3.8, 4) is 11.4 Å². The topological polar surface area (TPSA) is 81.4 Å². The fourth-order valence-corrected chi connectivity index (χ4v) is 3.65. The van der Waals surface area contributed by atoms with Crippen LogP contribution in [0.2, 0.25) is 18.1 Å². The summed E-state index contributed by atoms with van der Waals surface area (Å²) in [7, 11) is -1.90. The second-order valence-electron chi connectivity index (χ2n) is 8.66. The van der Waals surface area contributed by atoms with Crippen LogP contribution in [0.25, 0.3) is 11.4 Å². The van der Waals surface area contributed by atoms with Crippen LogP contribution in [-0.2, 0) is 11.0 Å². The predicted octanol–water partition coefficient (Wildman–Crippen LogP) is 4.78. The van der Waals surface area contributed by atoms with Crippen molar-refractivity contribution in [1.82, 2.24) is 9.55 Å². The fraction of sp³-hybridized carbons (Fsp3) is 0.476. The summed E-state index contributed by atoms with van der Waals surface area (Å²) in [6.07, 6.45) is 1.68. The highest BCUT2D eigenvalue weighted by molar-refractivity contribution is 6.74. The Labute approximate surface area is 167 Å². The number of carbonyl (C=O) groups is 2. The van der Waals surface area contributed by atoms with Gasteiger partial charge in [0.25, 0.3) is 0 Å². The average molecular weight is 403 g/mol. The standard InChI is InChI=1S/C21H30N2O4Si/c1-14-8-9-16(17(12-14)20(25)26)19-22-18(15(2)24)13-23(19)10-11-27-28(6,7)21(3,4)5/h8-9,12-13H,10-11H2,1-7H3,(H,25,26). The number of carboxylic acid groups (broad SMARTS) is 1. The summed E-state index contributed by atoms with van der Waals surface area (Å²) in [6.45, 7) is 15.2. The van der Waals surface area contributed by atoms with Gasteiger partial charge in [0.2, 0.25) is 0 Å². The van der Waals surface area contributed by atoms with Crippen molar-refractivity contribution >= 4 is 20.1 Å². The molecule has 1 aromatic heterocycles. The molecule has 0 amide bonds. The average Bonchev–Trinajstić information content (AvgIpc) is 2.97. The lowest BCUT2D eigenvalue weighted by atomic mass is 10.0. The maximum Gasteiger partial charge on any atom is 0.336 e. The summed E-state index contributed by atoms with van der Waals surface area (Å²) in [4.78, 5) is 28.0. The van der Waals surface area contributed by atoms with Crippen LogP contribution < -0.4 is 0 Å². The number of Topliss-reactive ketones (excluding diaryl/α,β-unsaturated/α-hetero) is 1. The second-order valence-corrected chi connectivity index (χ2v) is 13.5. The van der Waals surface area contributed by atoms with Crippen LogP contribution in [0.4, 0.5) is 0 Å². The lowest BCUT2D eigenvalue weighted by molar-refractivity contribution is 0.0697. The third-order valence-corrected chi connectivity index (χ3v) is 9.92. The molecule has 0 unspecified atom stereocenters. The zero-order valence-corrected chi connectivity index (χ0v) is 18.8. The molecule has 28 heavy (non-hydrogen) atoms. The van der Waals surface area contributed by atoms with Crippen molar-refractivity contribution in [3.05, 3.63) is 41.2 Å². The fourth-order valence-electron chi connectivity index (χ4n) is 2.62. The molecular weight excluding hydrogens is 372 g/mol. The minimum atomic E-state index is -1.90. The van der Waals surface area contributed by atoms with Gasteiger partial charge in [-0.15, -0.1) is 0 Å². The molecule has 2 rings (SSSR count). The zero-order chi connectivity index (χ0) is 21.3. The van der Waals surface area contributed by atoms with E-state index in [0.717, 1.165) is 5.56 Å². The number of hydrogen-bond donors (Lipinski definition) is 1. The first-order valence-electron chi connectivity index (χ1n) is 9.40. The molecule has 1 N–H and O–H groups in total. The Hall–Kier alpha value is -2.25. The minimum Gasteiger partial charge on any atom is -0.478 e. The molecule has 1 aromatic carbocycles. The van der Waals surface area contributed by atoms with Gasteiger partial charge in [-0.1, -0.05) is 38.5 Å². The molecule has 0 saturated carbocycles. The normalized spacial score (nSPS) is 12.2. The number of carbonyl (C=O) groups excluding carboxylic acids is 1. The highest BCUT2D eigenvalue weighted by Crippen LogP contribution is 2.36. The highest BCUT2D eigenvalue weighted by atomic mass is 28.4. The molecule has 0 atom stereocenters. The summed E-state index contributed by atoms with van der Waals surface area (Å²) in [6, 6.07) is 5.22. The van der Waals surface area contributed by atoms with E-state index in [2.05, 4.69) is 38.8 Å². The molecule has 7 heteroatoms. The summed E-state index contributed by atoms with van der Waals surface area (Å²) >= 11 is 0. The maximum atomic E-state index is 11.9. The first-order chi connectivity index (χ1) is 12.8. The summed E-state index contributed by atoms with van der Waals surface area (Å²) < 4.78 is 8.06. The minimum absolute atomic E-state index is 0.0999. The molecule has 0 fully saturated rings. The SMILES string of the molecule is CC(=O)c1cn(CCO[Si](C)(C)C(C)(C)C)c(-c2ccc(C)cc2C(=O)O)n1. The Kier molecular flexibility index (Phi) is 6.30. The second kappa shape index (κ2) is 8.01. The van der Waals surface area contributed by atoms with E-state index in [9.17, 15) is 14.7 Å². The Morgan fingerprint density at radius 2 is 1.89 bits per heavy atom. The molecule has 1 heterocycles. The van der Waals surface area contributed by atoms with Gasteiger partial charge in [-0.3, -0.25) is 4.79 Å². The van der Waals surface area contributed by atoms with E-state index in [1.807, 2.05) is 17.6 Å². The van der Waals surface area contributed by atoms with Crippen LogP contribution in [0.15, 0.2) is 24.4 Å². The number of benzene rings is 1. The molecule has 6 nitrogen and oxygen atoms in total. The molecular formula is C21H30N2O4Si. The van der Waals surface area contributed by atoms with E-state index in [-0.39, 0.29) is 16.4 Å². The van der Waals surface area contributed by atoms with Crippen molar-refractivity contribution in [2.24, 2.45) is 0 Å². The van der Waals surface area contributed by atoms with Gasteiger partial charge in [0, 0.05) is 25.2 Å². The monoisotopic (exact) mass is 402 g/mol. The number of aromatic nitrogens is 2. The molecule has 0 bridgehead atoms. The number of imidazole rings is 1. The van der Waals surface area contributed by atoms with Crippen LogP contribution >= 0.6 is 0 Å². The molecule has 0 aliphatic carbocycles. The van der Waals surface area contributed by atoms with Crippen LogP contribution in [0.1, 0.15) is 54.1 Å². The number of carboxylic acids is 1. The van der Waals surface area contributed by atoms with Crippen molar-refractivity contribution in [2.75, 3.05) is 6.61 Å². The quantitative estimate of drug-likeness (QED) is 0.532. The van der Waals surface area contributed by atoms with Crippen molar-refractivity contribution in [1.29, 1.82) is 0 Å².